The van der Waals surface area contributed by atoms with Gasteiger partial charge in [-0.1, -0.05) is 41.4 Å². The molecule has 0 atom stereocenters. The van der Waals surface area contributed by atoms with Gasteiger partial charge in [0.1, 0.15) is 5.75 Å². The van der Waals surface area contributed by atoms with Gasteiger partial charge in [0, 0.05) is 17.2 Å². The first kappa shape index (κ1) is 29.6. The first-order valence-corrected chi connectivity index (χ1v) is 15.1. The molecule has 0 aliphatic carbocycles. The average Bonchev–Trinajstić information content (AvgIpc) is 3.48. The van der Waals surface area contributed by atoms with Crippen molar-refractivity contribution < 1.29 is 23.8 Å². The summed E-state index contributed by atoms with van der Waals surface area (Å²) in [5.74, 6) is 2.81. The Morgan fingerprint density at radius 1 is 0.975 bits per heavy atom. The van der Waals surface area contributed by atoms with Crippen LogP contribution in [0.2, 0.25) is 5.02 Å². The van der Waals surface area contributed by atoms with Crippen molar-refractivity contribution >= 4 is 58.8 Å². The summed E-state index contributed by atoms with van der Waals surface area (Å²) in [6, 6.07) is 18.5. The van der Waals surface area contributed by atoms with E-state index in [2.05, 4.69) is 15.8 Å². The van der Waals surface area contributed by atoms with Crippen LogP contribution in [0, 0.1) is 6.92 Å². The highest BCUT2D eigenvalue weighted by molar-refractivity contribution is 8.19. The second kappa shape index (κ2) is 14.9. The smallest absolute Gasteiger partial charge is 0.277 e. The predicted octanol–water partition coefficient (Wildman–Crippen LogP) is 6.07. The van der Waals surface area contributed by atoms with Crippen molar-refractivity contribution in [3.05, 3.63) is 82.4 Å². The van der Waals surface area contributed by atoms with E-state index < -0.39 is 5.91 Å². The standard InChI is InChI=1S/C29H30ClN3O5S2/c1-3-36-25-15-20(14-24(30)28(25)38-17-26(34)32-22-8-4-19(2)5-9-22)16-31-33-27(35)18-37-23-10-6-21(7-11-23)29-39-12-13-40-29/h4-11,14-16,29H,3,12-13,17-18H2,1-2H3,(H,32,34)(H,33,35)/b31-16-. The number of hydrogen-bond acceptors (Lipinski definition) is 8. The molecule has 1 fully saturated rings. The van der Waals surface area contributed by atoms with E-state index in [0.29, 0.717) is 33.9 Å². The van der Waals surface area contributed by atoms with Gasteiger partial charge >= 0.3 is 0 Å². The molecular weight excluding hydrogens is 570 g/mol. The Bertz CT molecular complexity index is 1330. The van der Waals surface area contributed by atoms with E-state index in [-0.39, 0.29) is 29.9 Å². The van der Waals surface area contributed by atoms with Crippen molar-refractivity contribution in [1.29, 1.82) is 0 Å². The Balaban J connectivity index is 1.28. The molecule has 3 aromatic carbocycles. The molecule has 0 radical (unpaired) electrons. The number of nitrogens with zero attached hydrogens (tertiary/aromatic N) is 1. The Morgan fingerprint density at radius 3 is 2.38 bits per heavy atom. The zero-order valence-corrected chi connectivity index (χ0v) is 24.5. The number of thioether (sulfide) groups is 2. The minimum Gasteiger partial charge on any atom is -0.490 e. The van der Waals surface area contributed by atoms with Gasteiger partial charge in [-0.05, 0) is 61.4 Å². The number of carbonyl (C=O) groups is 2. The van der Waals surface area contributed by atoms with Crippen LogP contribution < -0.4 is 25.0 Å². The Labute approximate surface area is 247 Å². The van der Waals surface area contributed by atoms with Gasteiger partial charge in [-0.15, -0.1) is 23.5 Å². The van der Waals surface area contributed by atoms with Gasteiger partial charge in [-0.25, -0.2) is 5.43 Å². The number of carbonyl (C=O) groups excluding carboxylic acids is 2. The number of nitrogens with one attached hydrogen (secondary N) is 2. The maximum Gasteiger partial charge on any atom is 0.277 e. The SMILES string of the molecule is CCOc1cc(/C=N\NC(=O)COc2ccc(C3SCCS3)cc2)cc(Cl)c1OCC(=O)Nc1ccc(C)cc1. The molecule has 0 spiro atoms. The summed E-state index contributed by atoms with van der Waals surface area (Å²) >= 11 is 10.3. The number of aryl methyl sites for hydroxylation is 1. The van der Waals surface area contributed by atoms with Crippen molar-refractivity contribution in [1.82, 2.24) is 5.43 Å². The zero-order valence-electron chi connectivity index (χ0n) is 22.1. The molecule has 2 amide bonds. The van der Waals surface area contributed by atoms with E-state index in [1.807, 2.05) is 85.9 Å². The second-order valence-electron chi connectivity index (χ2n) is 8.69. The van der Waals surface area contributed by atoms with Crippen molar-refractivity contribution in [3.63, 3.8) is 0 Å². The van der Waals surface area contributed by atoms with Crippen molar-refractivity contribution in [3.8, 4) is 17.2 Å². The van der Waals surface area contributed by atoms with Crippen LogP contribution in [0.4, 0.5) is 5.69 Å². The third kappa shape index (κ3) is 8.84. The van der Waals surface area contributed by atoms with Crippen LogP contribution in [-0.2, 0) is 9.59 Å². The quantitative estimate of drug-likeness (QED) is 0.192. The first-order chi connectivity index (χ1) is 19.4. The highest BCUT2D eigenvalue weighted by atomic mass is 35.5. The van der Waals surface area contributed by atoms with Crippen LogP contribution in [0.25, 0.3) is 0 Å². The Hall–Kier alpha value is -3.34. The zero-order chi connectivity index (χ0) is 28.3. The van der Waals surface area contributed by atoms with Crippen molar-refractivity contribution in [2.45, 2.75) is 18.4 Å². The average molecular weight is 600 g/mol. The van der Waals surface area contributed by atoms with Crippen LogP contribution in [0.1, 0.15) is 28.2 Å². The summed E-state index contributed by atoms with van der Waals surface area (Å²) in [5, 5.41) is 7.00. The fourth-order valence-electron chi connectivity index (χ4n) is 3.67. The molecule has 0 unspecified atom stereocenters. The predicted molar refractivity (Wildman–Crippen MR) is 163 cm³/mol. The number of rotatable bonds is 12. The highest BCUT2D eigenvalue weighted by Crippen LogP contribution is 2.45. The summed E-state index contributed by atoms with van der Waals surface area (Å²) in [6.07, 6.45) is 1.44. The molecule has 4 rings (SSSR count). The van der Waals surface area contributed by atoms with E-state index >= 15 is 0 Å². The molecule has 1 aliphatic rings. The second-order valence-corrected chi connectivity index (χ2v) is 11.8. The molecule has 0 bridgehead atoms. The Morgan fingerprint density at radius 2 is 1.68 bits per heavy atom. The van der Waals surface area contributed by atoms with Gasteiger partial charge in [-0.3, -0.25) is 9.59 Å². The van der Waals surface area contributed by atoms with E-state index in [1.54, 1.807) is 12.1 Å². The molecule has 3 aromatic rings. The number of hydrazone groups is 1. The van der Waals surface area contributed by atoms with Gasteiger partial charge < -0.3 is 19.5 Å². The maximum atomic E-state index is 12.3. The first-order valence-electron chi connectivity index (χ1n) is 12.6. The van der Waals surface area contributed by atoms with Crippen molar-refractivity contribution in [2.24, 2.45) is 5.10 Å². The summed E-state index contributed by atoms with van der Waals surface area (Å²) in [5.41, 5.74) is 6.03. The number of anilines is 1. The number of halogens is 1. The van der Waals surface area contributed by atoms with Crippen LogP contribution in [0.15, 0.2) is 65.8 Å². The molecule has 0 aromatic heterocycles. The molecule has 11 heteroatoms. The van der Waals surface area contributed by atoms with Gasteiger partial charge in [-0.2, -0.15) is 5.10 Å². The number of ether oxygens (including phenoxy) is 3. The molecule has 1 heterocycles. The van der Waals surface area contributed by atoms with Gasteiger partial charge in [0.25, 0.3) is 11.8 Å². The summed E-state index contributed by atoms with van der Waals surface area (Å²) in [7, 11) is 0. The lowest BCUT2D eigenvalue weighted by molar-refractivity contribution is -0.123. The van der Waals surface area contributed by atoms with Crippen LogP contribution in [-0.4, -0.2) is 49.4 Å². The monoisotopic (exact) mass is 599 g/mol. The van der Waals surface area contributed by atoms with E-state index in [1.165, 1.54) is 23.3 Å². The third-order valence-electron chi connectivity index (χ3n) is 5.56. The minimum absolute atomic E-state index is 0.175. The van der Waals surface area contributed by atoms with Gasteiger partial charge in [0.2, 0.25) is 0 Å². The topological polar surface area (TPSA) is 98.2 Å². The number of hydrogen-bond donors (Lipinski definition) is 2. The fourth-order valence-corrected chi connectivity index (χ4v) is 6.80. The molecule has 0 saturated carbocycles. The van der Waals surface area contributed by atoms with E-state index in [9.17, 15) is 9.59 Å². The maximum absolute atomic E-state index is 12.3. The number of benzene rings is 3. The van der Waals surface area contributed by atoms with Crippen LogP contribution in [0.3, 0.4) is 0 Å². The molecule has 2 N–H and O–H groups in total. The normalized spacial score (nSPS) is 13.3. The molecule has 210 valence electrons. The largest absolute Gasteiger partial charge is 0.490 e. The summed E-state index contributed by atoms with van der Waals surface area (Å²) < 4.78 is 17.4. The fraction of sp³-hybridized carbons (Fsp3) is 0.276. The molecule has 1 aliphatic heterocycles. The number of amides is 2. The molecule has 40 heavy (non-hydrogen) atoms. The molecule has 8 nitrogen and oxygen atoms in total. The molecular formula is C29H30ClN3O5S2. The summed E-state index contributed by atoms with van der Waals surface area (Å²) in [4.78, 5) is 24.5. The minimum atomic E-state index is -0.405. The van der Waals surface area contributed by atoms with Crippen LogP contribution >= 0.6 is 35.1 Å². The molecule has 1 saturated heterocycles. The highest BCUT2D eigenvalue weighted by Gasteiger charge is 2.18. The third-order valence-corrected chi connectivity index (χ3v) is 8.95. The summed E-state index contributed by atoms with van der Waals surface area (Å²) in [6.45, 7) is 3.72. The lowest BCUT2D eigenvalue weighted by atomic mass is 10.2. The van der Waals surface area contributed by atoms with Gasteiger partial charge in [0.15, 0.2) is 24.7 Å². The Kier molecular flexibility index (Phi) is 11.0. The van der Waals surface area contributed by atoms with E-state index in [0.717, 1.165) is 5.56 Å². The van der Waals surface area contributed by atoms with Gasteiger partial charge in [0.05, 0.1) is 22.4 Å². The van der Waals surface area contributed by atoms with Crippen molar-refractivity contribution in [2.75, 3.05) is 36.6 Å². The lowest BCUT2D eigenvalue weighted by Gasteiger charge is -2.14. The van der Waals surface area contributed by atoms with E-state index in [4.69, 9.17) is 25.8 Å². The lowest BCUT2D eigenvalue weighted by Crippen LogP contribution is -2.24. The van der Waals surface area contributed by atoms with Crippen LogP contribution in [0.5, 0.6) is 17.2 Å².